The highest BCUT2D eigenvalue weighted by atomic mass is 19.4. The standard InChI is InChI=1S/C15H12F3NO/c16-15(17,18)8-14(20)9-5-6-13-11(7-9)10-3-1-2-4-12(10)19-13/h1-7,14,19-20H,8H2. The Morgan fingerprint density at radius 3 is 2.45 bits per heavy atom. The summed E-state index contributed by atoms with van der Waals surface area (Å²) in [6.45, 7) is 0. The van der Waals surface area contributed by atoms with Gasteiger partial charge in [0.25, 0.3) is 0 Å². The van der Waals surface area contributed by atoms with Crippen molar-refractivity contribution in [3.8, 4) is 0 Å². The van der Waals surface area contributed by atoms with Crippen LogP contribution in [-0.2, 0) is 0 Å². The molecule has 0 aliphatic carbocycles. The summed E-state index contributed by atoms with van der Waals surface area (Å²) in [6.07, 6.45) is -7.15. The molecule has 2 aromatic carbocycles. The highest BCUT2D eigenvalue weighted by Gasteiger charge is 2.31. The minimum Gasteiger partial charge on any atom is -0.388 e. The van der Waals surface area contributed by atoms with Gasteiger partial charge in [-0.2, -0.15) is 13.2 Å². The van der Waals surface area contributed by atoms with E-state index in [0.29, 0.717) is 0 Å². The van der Waals surface area contributed by atoms with Crippen molar-refractivity contribution >= 4 is 21.8 Å². The summed E-state index contributed by atoms with van der Waals surface area (Å²) in [7, 11) is 0. The third kappa shape index (κ3) is 2.36. The molecule has 3 rings (SSSR count). The Balaban J connectivity index is 2.07. The minimum atomic E-state index is -4.38. The quantitative estimate of drug-likeness (QED) is 0.720. The van der Waals surface area contributed by atoms with Gasteiger partial charge in [0, 0.05) is 21.8 Å². The number of para-hydroxylation sites is 1. The van der Waals surface area contributed by atoms with Gasteiger partial charge in [-0.25, -0.2) is 0 Å². The number of hydrogen-bond acceptors (Lipinski definition) is 1. The first-order chi connectivity index (χ1) is 9.44. The molecule has 0 radical (unpaired) electrons. The van der Waals surface area contributed by atoms with E-state index in [4.69, 9.17) is 0 Å². The largest absolute Gasteiger partial charge is 0.391 e. The van der Waals surface area contributed by atoms with E-state index in [1.807, 2.05) is 24.3 Å². The van der Waals surface area contributed by atoms with Crippen molar-refractivity contribution in [1.29, 1.82) is 0 Å². The topological polar surface area (TPSA) is 36.0 Å². The van der Waals surface area contributed by atoms with Crippen LogP contribution in [0.4, 0.5) is 13.2 Å². The number of alkyl halides is 3. The second-order valence-corrected chi connectivity index (χ2v) is 4.81. The number of aliphatic hydroxyl groups is 1. The molecular weight excluding hydrogens is 267 g/mol. The lowest BCUT2D eigenvalue weighted by atomic mass is 10.0. The summed E-state index contributed by atoms with van der Waals surface area (Å²) in [6, 6.07) is 12.4. The molecule has 2 N–H and O–H groups in total. The van der Waals surface area contributed by atoms with E-state index in [2.05, 4.69) is 4.98 Å². The number of fused-ring (bicyclic) bond motifs is 3. The molecule has 1 aromatic heterocycles. The normalized spacial score (nSPS) is 14.0. The van der Waals surface area contributed by atoms with Crippen molar-refractivity contribution in [2.75, 3.05) is 0 Å². The van der Waals surface area contributed by atoms with Crippen LogP contribution >= 0.6 is 0 Å². The van der Waals surface area contributed by atoms with E-state index in [1.165, 1.54) is 6.07 Å². The summed E-state index contributed by atoms with van der Waals surface area (Å²) >= 11 is 0. The lowest BCUT2D eigenvalue weighted by molar-refractivity contribution is -0.154. The van der Waals surface area contributed by atoms with Gasteiger partial charge in [-0.1, -0.05) is 24.3 Å². The fourth-order valence-electron chi connectivity index (χ4n) is 2.41. The zero-order valence-electron chi connectivity index (χ0n) is 10.4. The Morgan fingerprint density at radius 1 is 1.00 bits per heavy atom. The molecule has 0 amide bonds. The Kier molecular flexibility index (Phi) is 2.94. The average Bonchev–Trinajstić information content (AvgIpc) is 2.74. The number of rotatable bonds is 2. The second-order valence-electron chi connectivity index (χ2n) is 4.81. The molecule has 1 unspecified atom stereocenters. The van der Waals surface area contributed by atoms with E-state index in [0.717, 1.165) is 21.8 Å². The summed E-state index contributed by atoms with van der Waals surface area (Å²) in [5.74, 6) is 0. The first-order valence-corrected chi connectivity index (χ1v) is 6.19. The number of H-pyrrole nitrogens is 1. The summed E-state index contributed by atoms with van der Waals surface area (Å²) in [5.41, 5.74) is 2.04. The molecule has 0 saturated carbocycles. The average molecular weight is 279 g/mol. The van der Waals surface area contributed by atoms with Crippen LogP contribution in [0.2, 0.25) is 0 Å². The molecule has 0 spiro atoms. The molecule has 0 aliphatic heterocycles. The number of aromatic nitrogens is 1. The number of benzene rings is 2. The zero-order chi connectivity index (χ0) is 14.3. The molecule has 0 fully saturated rings. The number of halogens is 3. The highest BCUT2D eigenvalue weighted by Crippen LogP contribution is 2.32. The van der Waals surface area contributed by atoms with Gasteiger partial charge in [-0.05, 0) is 23.8 Å². The molecule has 3 aromatic rings. The Morgan fingerprint density at radius 2 is 1.70 bits per heavy atom. The van der Waals surface area contributed by atoms with Crippen molar-refractivity contribution in [1.82, 2.24) is 4.98 Å². The van der Waals surface area contributed by atoms with Crippen LogP contribution in [0.3, 0.4) is 0 Å². The predicted molar refractivity (Wildman–Crippen MR) is 71.4 cm³/mol. The fourth-order valence-corrected chi connectivity index (χ4v) is 2.41. The molecule has 2 nitrogen and oxygen atoms in total. The monoisotopic (exact) mass is 279 g/mol. The van der Waals surface area contributed by atoms with Crippen LogP contribution in [0.5, 0.6) is 0 Å². The van der Waals surface area contributed by atoms with E-state index in [9.17, 15) is 18.3 Å². The summed E-state index contributed by atoms with van der Waals surface area (Å²) in [5, 5.41) is 11.4. The maximum atomic E-state index is 12.3. The van der Waals surface area contributed by atoms with Gasteiger partial charge < -0.3 is 10.1 Å². The SMILES string of the molecule is OC(CC(F)(F)F)c1ccc2[nH]c3ccccc3c2c1. The molecule has 5 heteroatoms. The van der Waals surface area contributed by atoms with Gasteiger partial charge in [-0.15, -0.1) is 0 Å². The number of aliphatic hydroxyl groups excluding tert-OH is 1. The number of hydrogen-bond donors (Lipinski definition) is 2. The van der Waals surface area contributed by atoms with Crippen molar-refractivity contribution in [3.63, 3.8) is 0 Å². The van der Waals surface area contributed by atoms with E-state index < -0.39 is 18.7 Å². The molecule has 0 saturated heterocycles. The molecule has 104 valence electrons. The van der Waals surface area contributed by atoms with Crippen molar-refractivity contribution in [2.24, 2.45) is 0 Å². The third-order valence-corrected chi connectivity index (χ3v) is 3.34. The molecule has 20 heavy (non-hydrogen) atoms. The smallest absolute Gasteiger partial charge is 0.388 e. The number of nitrogens with one attached hydrogen (secondary N) is 1. The Hall–Kier alpha value is -2.01. The first kappa shape index (κ1) is 13.0. The molecule has 0 aliphatic rings. The molecule has 0 bridgehead atoms. The van der Waals surface area contributed by atoms with Gasteiger partial charge in [0.2, 0.25) is 0 Å². The molecule has 1 heterocycles. The van der Waals surface area contributed by atoms with E-state index >= 15 is 0 Å². The third-order valence-electron chi connectivity index (χ3n) is 3.34. The van der Waals surface area contributed by atoms with E-state index in [1.54, 1.807) is 12.1 Å². The van der Waals surface area contributed by atoms with Crippen LogP contribution in [-0.4, -0.2) is 16.3 Å². The van der Waals surface area contributed by atoms with Gasteiger partial charge in [0.1, 0.15) is 0 Å². The lowest BCUT2D eigenvalue weighted by Crippen LogP contribution is -2.13. The summed E-state index contributed by atoms with van der Waals surface area (Å²) < 4.78 is 37.0. The van der Waals surface area contributed by atoms with Gasteiger partial charge in [-0.3, -0.25) is 0 Å². The predicted octanol–water partition coefficient (Wildman–Crippen LogP) is 4.31. The van der Waals surface area contributed by atoms with Crippen LogP contribution in [0.15, 0.2) is 42.5 Å². The zero-order valence-corrected chi connectivity index (χ0v) is 10.4. The first-order valence-electron chi connectivity index (χ1n) is 6.19. The van der Waals surface area contributed by atoms with Crippen LogP contribution < -0.4 is 0 Å². The molecule has 1 atom stereocenters. The number of aromatic amines is 1. The van der Waals surface area contributed by atoms with Crippen LogP contribution in [0, 0.1) is 0 Å². The maximum Gasteiger partial charge on any atom is 0.391 e. The van der Waals surface area contributed by atoms with E-state index in [-0.39, 0.29) is 5.56 Å². The van der Waals surface area contributed by atoms with Gasteiger partial charge in [0.05, 0.1) is 12.5 Å². The van der Waals surface area contributed by atoms with Crippen LogP contribution in [0.1, 0.15) is 18.1 Å². The Bertz CT molecular complexity index is 760. The van der Waals surface area contributed by atoms with Gasteiger partial charge >= 0.3 is 6.18 Å². The highest BCUT2D eigenvalue weighted by molar-refractivity contribution is 6.07. The molecular formula is C15H12F3NO. The van der Waals surface area contributed by atoms with Crippen molar-refractivity contribution < 1.29 is 18.3 Å². The minimum absolute atomic E-state index is 0.277. The van der Waals surface area contributed by atoms with Gasteiger partial charge in [0.15, 0.2) is 0 Å². The van der Waals surface area contributed by atoms with Crippen molar-refractivity contribution in [3.05, 3.63) is 48.0 Å². The second kappa shape index (κ2) is 4.52. The lowest BCUT2D eigenvalue weighted by Gasteiger charge is -2.13. The van der Waals surface area contributed by atoms with Crippen molar-refractivity contribution in [2.45, 2.75) is 18.7 Å². The summed E-state index contributed by atoms with van der Waals surface area (Å²) in [4.78, 5) is 3.19. The maximum absolute atomic E-state index is 12.3. The van der Waals surface area contributed by atoms with Crippen LogP contribution in [0.25, 0.3) is 21.8 Å². The fraction of sp³-hybridized carbons (Fsp3) is 0.200. The Labute approximate surface area is 112 Å².